The van der Waals surface area contributed by atoms with Crippen molar-refractivity contribution < 1.29 is 9.90 Å². The van der Waals surface area contributed by atoms with Gasteiger partial charge in [0.15, 0.2) is 0 Å². The Hall–Kier alpha value is -1.36. The van der Waals surface area contributed by atoms with Gasteiger partial charge in [-0.3, -0.25) is 9.89 Å². The van der Waals surface area contributed by atoms with Crippen LogP contribution in [0.25, 0.3) is 0 Å². The average molecular weight is 253 g/mol. The van der Waals surface area contributed by atoms with E-state index in [1.807, 2.05) is 34.6 Å². The second-order valence-electron chi connectivity index (χ2n) is 5.80. The zero-order valence-corrected chi connectivity index (χ0v) is 11.7. The van der Waals surface area contributed by atoms with Crippen molar-refractivity contribution in [1.82, 2.24) is 15.5 Å². The molecule has 0 fully saturated rings. The molecule has 0 aliphatic carbocycles. The van der Waals surface area contributed by atoms with Gasteiger partial charge in [0.05, 0.1) is 6.10 Å². The normalized spacial score (nSPS) is 13.7. The second-order valence-corrected chi connectivity index (χ2v) is 5.80. The van der Waals surface area contributed by atoms with Crippen molar-refractivity contribution in [3.05, 3.63) is 17.5 Å². The number of aromatic amines is 1. The maximum atomic E-state index is 11.8. The number of hydrogen-bond acceptors (Lipinski definition) is 3. The lowest BCUT2D eigenvalue weighted by Crippen LogP contribution is -2.43. The number of aromatic nitrogens is 2. The standard InChI is InChI=1S/C13H23N3O2/c1-8(2)11(17)13(4,5)7-14-12(18)10-6-9(3)15-16-10/h6,8,11,17H,7H2,1-5H3,(H,14,18)(H,15,16). The van der Waals surface area contributed by atoms with Gasteiger partial charge in [0.2, 0.25) is 0 Å². The Morgan fingerprint density at radius 2 is 2.17 bits per heavy atom. The summed E-state index contributed by atoms with van der Waals surface area (Å²) in [7, 11) is 0. The Morgan fingerprint density at radius 1 is 1.56 bits per heavy atom. The third-order valence-corrected chi connectivity index (χ3v) is 3.08. The summed E-state index contributed by atoms with van der Waals surface area (Å²) in [4.78, 5) is 11.8. The van der Waals surface area contributed by atoms with Gasteiger partial charge in [0.1, 0.15) is 5.69 Å². The second kappa shape index (κ2) is 5.52. The Bertz CT molecular complexity index is 410. The molecular formula is C13H23N3O2. The SMILES string of the molecule is Cc1cc(C(=O)NCC(C)(C)C(O)C(C)C)n[nH]1. The van der Waals surface area contributed by atoms with Crippen LogP contribution in [0.15, 0.2) is 6.07 Å². The van der Waals surface area contributed by atoms with Crippen LogP contribution in [0.4, 0.5) is 0 Å². The molecule has 0 spiro atoms. The van der Waals surface area contributed by atoms with Crippen molar-refractivity contribution in [3.8, 4) is 0 Å². The number of rotatable bonds is 5. The molecule has 5 heteroatoms. The molecule has 0 saturated heterocycles. The molecule has 0 aliphatic heterocycles. The van der Waals surface area contributed by atoms with Crippen molar-refractivity contribution >= 4 is 5.91 Å². The van der Waals surface area contributed by atoms with E-state index in [9.17, 15) is 9.90 Å². The molecule has 1 heterocycles. The van der Waals surface area contributed by atoms with E-state index in [-0.39, 0.29) is 17.2 Å². The highest BCUT2D eigenvalue weighted by Crippen LogP contribution is 2.25. The maximum Gasteiger partial charge on any atom is 0.271 e. The number of aliphatic hydroxyl groups excluding tert-OH is 1. The largest absolute Gasteiger partial charge is 0.392 e. The first kappa shape index (κ1) is 14.7. The minimum absolute atomic E-state index is 0.157. The number of hydrogen-bond donors (Lipinski definition) is 3. The van der Waals surface area contributed by atoms with Crippen LogP contribution in [0, 0.1) is 18.3 Å². The van der Waals surface area contributed by atoms with E-state index in [1.54, 1.807) is 6.07 Å². The highest BCUT2D eigenvalue weighted by atomic mass is 16.3. The van der Waals surface area contributed by atoms with Gasteiger partial charge in [-0.05, 0) is 18.9 Å². The lowest BCUT2D eigenvalue weighted by atomic mass is 9.80. The molecule has 1 unspecified atom stereocenters. The van der Waals surface area contributed by atoms with Crippen LogP contribution in [-0.4, -0.2) is 33.9 Å². The maximum absolute atomic E-state index is 11.8. The molecule has 3 N–H and O–H groups in total. The van der Waals surface area contributed by atoms with E-state index in [1.165, 1.54) is 0 Å². The van der Waals surface area contributed by atoms with Gasteiger partial charge in [0, 0.05) is 17.7 Å². The van der Waals surface area contributed by atoms with Gasteiger partial charge < -0.3 is 10.4 Å². The molecule has 0 aromatic carbocycles. The van der Waals surface area contributed by atoms with Crippen molar-refractivity contribution in [2.75, 3.05) is 6.54 Å². The molecule has 102 valence electrons. The van der Waals surface area contributed by atoms with Gasteiger partial charge in [-0.15, -0.1) is 0 Å². The highest BCUT2D eigenvalue weighted by Gasteiger charge is 2.30. The lowest BCUT2D eigenvalue weighted by molar-refractivity contribution is 0.0138. The smallest absolute Gasteiger partial charge is 0.271 e. The summed E-state index contributed by atoms with van der Waals surface area (Å²) in [6.45, 7) is 10.1. The predicted octanol–water partition coefficient (Wildman–Crippen LogP) is 1.49. The summed E-state index contributed by atoms with van der Waals surface area (Å²) in [5.74, 6) is -0.0621. The summed E-state index contributed by atoms with van der Waals surface area (Å²) < 4.78 is 0. The highest BCUT2D eigenvalue weighted by molar-refractivity contribution is 5.92. The molecule has 1 aromatic heterocycles. The molecule has 0 aliphatic rings. The average Bonchev–Trinajstić information content (AvgIpc) is 2.71. The molecule has 1 amide bonds. The first-order valence-electron chi connectivity index (χ1n) is 6.22. The topological polar surface area (TPSA) is 78.0 Å². The van der Waals surface area contributed by atoms with E-state index in [4.69, 9.17) is 0 Å². The Balaban J connectivity index is 2.57. The Morgan fingerprint density at radius 3 is 2.61 bits per heavy atom. The summed E-state index contributed by atoms with van der Waals surface area (Å²) in [5.41, 5.74) is 0.860. The zero-order valence-electron chi connectivity index (χ0n) is 11.7. The third kappa shape index (κ3) is 3.57. The number of H-pyrrole nitrogens is 1. The van der Waals surface area contributed by atoms with Gasteiger partial charge in [0.25, 0.3) is 5.91 Å². The Labute approximate surface area is 108 Å². The fourth-order valence-corrected chi connectivity index (χ4v) is 1.94. The van der Waals surface area contributed by atoms with Crippen LogP contribution in [-0.2, 0) is 0 Å². The minimum atomic E-state index is -0.460. The number of aryl methyl sites for hydroxylation is 1. The van der Waals surface area contributed by atoms with Gasteiger partial charge in [-0.1, -0.05) is 27.7 Å². The molecule has 1 rings (SSSR count). The van der Waals surface area contributed by atoms with Crippen LogP contribution in [0.5, 0.6) is 0 Å². The number of carbonyl (C=O) groups is 1. The molecule has 0 radical (unpaired) electrons. The Kier molecular flexibility index (Phi) is 4.51. The summed E-state index contributed by atoms with van der Waals surface area (Å²) in [6.07, 6.45) is -0.460. The fourth-order valence-electron chi connectivity index (χ4n) is 1.94. The molecule has 1 aromatic rings. The van der Waals surface area contributed by atoms with Crippen molar-refractivity contribution in [2.24, 2.45) is 11.3 Å². The number of carbonyl (C=O) groups excluding carboxylic acids is 1. The van der Waals surface area contributed by atoms with Crippen LogP contribution >= 0.6 is 0 Å². The number of nitrogens with one attached hydrogen (secondary N) is 2. The fraction of sp³-hybridized carbons (Fsp3) is 0.692. The van der Waals surface area contributed by atoms with Crippen LogP contribution in [0.3, 0.4) is 0 Å². The van der Waals surface area contributed by atoms with E-state index < -0.39 is 6.10 Å². The predicted molar refractivity (Wildman–Crippen MR) is 70.3 cm³/mol. The third-order valence-electron chi connectivity index (χ3n) is 3.08. The minimum Gasteiger partial charge on any atom is -0.392 e. The van der Waals surface area contributed by atoms with E-state index >= 15 is 0 Å². The summed E-state index contributed by atoms with van der Waals surface area (Å²) in [6, 6.07) is 1.70. The zero-order chi connectivity index (χ0) is 13.9. The van der Waals surface area contributed by atoms with Gasteiger partial charge in [-0.2, -0.15) is 5.10 Å². The summed E-state index contributed by atoms with van der Waals surface area (Å²) >= 11 is 0. The molecule has 5 nitrogen and oxygen atoms in total. The monoisotopic (exact) mass is 253 g/mol. The van der Waals surface area contributed by atoms with E-state index in [2.05, 4.69) is 15.5 Å². The lowest BCUT2D eigenvalue weighted by Gasteiger charge is -2.33. The quantitative estimate of drug-likeness (QED) is 0.744. The molecular weight excluding hydrogens is 230 g/mol. The summed E-state index contributed by atoms with van der Waals surface area (Å²) in [5, 5.41) is 19.5. The van der Waals surface area contributed by atoms with E-state index in [0.717, 1.165) is 5.69 Å². The van der Waals surface area contributed by atoms with Crippen molar-refractivity contribution in [1.29, 1.82) is 0 Å². The number of nitrogens with zero attached hydrogens (tertiary/aromatic N) is 1. The molecule has 0 bridgehead atoms. The molecule has 1 atom stereocenters. The van der Waals surface area contributed by atoms with Crippen LogP contribution in [0.2, 0.25) is 0 Å². The van der Waals surface area contributed by atoms with Crippen molar-refractivity contribution in [2.45, 2.75) is 40.7 Å². The van der Waals surface area contributed by atoms with Gasteiger partial charge >= 0.3 is 0 Å². The van der Waals surface area contributed by atoms with Crippen molar-refractivity contribution in [3.63, 3.8) is 0 Å². The van der Waals surface area contributed by atoms with Crippen LogP contribution < -0.4 is 5.32 Å². The number of aliphatic hydroxyl groups is 1. The first-order chi connectivity index (χ1) is 8.24. The first-order valence-corrected chi connectivity index (χ1v) is 6.22. The van der Waals surface area contributed by atoms with Crippen LogP contribution in [0.1, 0.15) is 43.9 Å². The molecule has 0 saturated carbocycles. The molecule has 18 heavy (non-hydrogen) atoms. The van der Waals surface area contributed by atoms with E-state index in [0.29, 0.717) is 12.2 Å². The van der Waals surface area contributed by atoms with Gasteiger partial charge in [-0.25, -0.2) is 0 Å². The number of amides is 1.